The van der Waals surface area contributed by atoms with Gasteiger partial charge in [-0.05, 0) is 53.4 Å². The van der Waals surface area contributed by atoms with E-state index in [1.807, 2.05) is 6.92 Å². The minimum atomic E-state index is -3.64. The van der Waals surface area contributed by atoms with Crippen molar-refractivity contribution in [3.63, 3.8) is 0 Å². The van der Waals surface area contributed by atoms with E-state index < -0.39 is 19.9 Å². The van der Waals surface area contributed by atoms with Crippen LogP contribution in [0.25, 0.3) is 0 Å². The summed E-state index contributed by atoms with van der Waals surface area (Å²) in [5, 5.41) is 0. The van der Waals surface area contributed by atoms with Gasteiger partial charge in [-0.15, -0.1) is 0 Å². The maximum atomic E-state index is 12.3. The van der Waals surface area contributed by atoms with Gasteiger partial charge in [-0.3, -0.25) is 0 Å². The first-order chi connectivity index (χ1) is 9.20. The van der Waals surface area contributed by atoms with Crippen molar-refractivity contribution >= 4 is 35.8 Å². The highest BCUT2D eigenvalue weighted by Gasteiger charge is 2.28. The highest BCUT2D eigenvalue weighted by atomic mass is 79.9. The third kappa shape index (κ3) is 3.81. The van der Waals surface area contributed by atoms with Gasteiger partial charge >= 0.3 is 0 Å². The summed E-state index contributed by atoms with van der Waals surface area (Å²) < 4.78 is 50.4. The van der Waals surface area contributed by atoms with E-state index in [0.717, 1.165) is 5.56 Å². The summed E-state index contributed by atoms with van der Waals surface area (Å²) in [6.45, 7) is 1.88. The number of sulfonamides is 1. The molecule has 1 heterocycles. The lowest BCUT2D eigenvalue weighted by Gasteiger charge is -2.23. The van der Waals surface area contributed by atoms with Gasteiger partial charge in [-0.2, -0.15) is 0 Å². The topological polar surface area (TPSA) is 80.3 Å². The van der Waals surface area contributed by atoms with Crippen LogP contribution >= 0.6 is 15.9 Å². The Morgan fingerprint density at radius 3 is 2.40 bits per heavy atom. The van der Waals surface area contributed by atoms with E-state index in [0.29, 0.717) is 17.3 Å². The Morgan fingerprint density at radius 1 is 1.25 bits per heavy atom. The van der Waals surface area contributed by atoms with Crippen molar-refractivity contribution in [1.82, 2.24) is 4.72 Å². The fourth-order valence-corrected chi connectivity index (χ4v) is 6.10. The van der Waals surface area contributed by atoms with Crippen molar-refractivity contribution in [1.29, 1.82) is 0 Å². The minimum Gasteiger partial charge on any atom is -0.229 e. The van der Waals surface area contributed by atoms with Gasteiger partial charge < -0.3 is 0 Å². The molecule has 1 saturated heterocycles. The van der Waals surface area contributed by atoms with Crippen LogP contribution in [0, 0.1) is 6.92 Å². The molecule has 0 bridgehead atoms. The van der Waals surface area contributed by atoms with Crippen LogP contribution in [0.1, 0.15) is 18.4 Å². The second-order valence-electron chi connectivity index (χ2n) is 4.98. The zero-order valence-corrected chi connectivity index (χ0v) is 14.2. The predicted octanol–water partition coefficient (Wildman–Crippen LogP) is 1.61. The molecule has 8 heteroatoms. The summed E-state index contributed by atoms with van der Waals surface area (Å²) in [4.78, 5) is 0.177. The molecule has 0 atom stereocenters. The smallest absolute Gasteiger partial charge is 0.229 e. The average Bonchev–Trinajstić information content (AvgIpc) is 2.31. The molecule has 1 aromatic rings. The molecule has 5 nitrogen and oxygen atoms in total. The zero-order chi connectivity index (χ0) is 15.0. The highest BCUT2D eigenvalue weighted by molar-refractivity contribution is 9.10. The molecule has 0 amide bonds. The van der Waals surface area contributed by atoms with Gasteiger partial charge in [-0.1, -0.05) is 6.07 Å². The van der Waals surface area contributed by atoms with Crippen molar-refractivity contribution in [2.75, 3.05) is 11.5 Å². The largest absolute Gasteiger partial charge is 0.241 e. The third-order valence-electron chi connectivity index (χ3n) is 3.25. The predicted molar refractivity (Wildman–Crippen MR) is 80.9 cm³/mol. The van der Waals surface area contributed by atoms with Crippen molar-refractivity contribution < 1.29 is 16.8 Å². The lowest BCUT2D eigenvalue weighted by atomic mass is 10.2. The van der Waals surface area contributed by atoms with Gasteiger partial charge in [0.1, 0.15) is 9.84 Å². The van der Waals surface area contributed by atoms with E-state index in [4.69, 9.17) is 0 Å². The Bertz CT molecular complexity index is 699. The van der Waals surface area contributed by atoms with E-state index in [1.54, 1.807) is 18.2 Å². The second kappa shape index (κ2) is 5.75. The summed E-state index contributed by atoms with van der Waals surface area (Å²) >= 11 is 3.25. The Balaban J connectivity index is 2.16. The number of sulfone groups is 1. The standard InChI is InChI=1S/C12H16BrNO4S2/c1-9-2-3-12(11(13)8-9)20(17,18)14-10-4-6-19(15,16)7-5-10/h2-3,8,10,14H,4-7H2,1H3. The van der Waals surface area contributed by atoms with Gasteiger partial charge in [0.15, 0.2) is 0 Å². The molecule has 0 aromatic heterocycles. The molecule has 2 rings (SSSR count). The molecular formula is C12H16BrNO4S2. The maximum absolute atomic E-state index is 12.3. The second-order valence-corrected chi connectivity index (χ2v) is 9.82. The Hall–Kier alpha value is -0.440. The SMILES string of the molecule is Cc1ccc(S(=O)(=O)NC2CCS(=O)(=O)CC2)c(Br)c1. The van der Waals surface area contributed by atoms with E-state index in [-0.39, 0.29) is 22.4 Å². The number of rotatable bonds is 3. The van der Waals surface area contributed by atoms with E-state index >= 15 is 0 Å². The fraction of sp³-hybridized carbons (Fsp3) is 0.500. The normalized spacial score (nSPS) is 19.9. The summed E-state index contributed by atoms with van der Waals surface area (Å²) in [7, 11) is -6.63. The van der Waals surface area contributed by atoms with Gasteiger partial charge in [0, 0.05) is 10.5 Å². The summed E-state index contributed by atoms with van der Waals surface area (Å²) in [6, 6.07) is 4.68. The molecule has 112 valence electrons. The van der Waals surface area contributed by atoms with Gasteiger partial charge in [0.05, 0.1) is 16.4 Å². The molecule has 0 radical (unpaired) electrons. The van der Waals surface area contributed by atoms with Crippen LogP contribution in [0.3, 0.4) is 0 Å². The third-order valence-corrected chi connectivity index (χ3v) is 7.47. The summed E-state index contributed by atoms with van der Waals surface area (Å²) in [5.41, 5.74) is 0.958. The molecular weight excluding hydrogens is 366 g/mol. The highest BCUT2D eigenvalue weighted by Crippen LogP contribution is 2.24. The Kier molecular flexibility index (Phi) is 4.58. The maximum Gasteiger partial charge on any atom is 0.241 e. The van der Waals surface area contributed by atoms with Gasteiger partial charge in [-0.25, -0.2) is 21.6 Å². The molecule has 0 unspecified atom stereocenters. The molecule has 1 aromatic carbocycles. The number of benzene rings is 1. The lowest BCUT2D eigenvalue weighted by molar-refractivity contribution is 0.505. The van der Waals surface area contributed by atoms with Crippen LogP contribution in [0.5, 0.6) is 0 Å². The van der Waals surface area contributed by atoms with Gasteiger partial charge in [0.2, 0.25) is 10.0 Å². The van der Waals surface area contributed by atoms with Crippen molar-refractivity contribution in [2.24, 2.45) is 0 Å². The Morgan fingerprint density at radius 2 is 1.85 bits per heavy atom. The first-order valence-electron chi connectivity index (χ1n) is 6.18. The zero-order valence-electron chi connectivity index (χ0n) is 11.0. The molecule has 0 aliphatic carbocycles. The van der Waals surface area contributed by atoms with Crippen molar-refractivity contribution in [2.45, 2.75) is 30.7 Å². The monoisotopic (exact) mass is 381 g/mol. The Labute approximate surface area is 127 Å². The first kappa shape index (κ1) is 15.9. The fourth-order valence-electron chi connectivity index (χ4n) is 2.11. The van der Waals surface area contributed by atoms with Crippen LogP contribution in [0.4, 0.5) is 0 Å². The summed E-state index contributed by atoms with van der Waals surface area (Å²) in [5.74, 6) is 0.0739. The van der Waals surface area contributed by atoms with Gasteiger partial charge in [0.25, 0.3) is 0 Å². The number of nitrogens with one attached hydrogen (secondary N) is 1. The number of hydrogen-bond acceptors (Lipinski definition) is 4. The van der Waals surface area contributed by atoms with Crippen LogP contribution < -0.4 is 4.72 Å². The van der Waals surface area contributed by atoms with Crippen LogP contribution in [0.15, 0.2) is 27.6 Å². The van der Waals surface area contributed by atoms with E-state index in [1.165, 1.54) is 0 Å². The number of hydrogen-bond donors (Lipinski definition) is 1. The molecule has 20 heavy (non-hydrogen) atoms. The number of halogens is 1. The average molecular weight is 382 g/mol. The quantitative estimate of drug-likeness (QED) is 0.862. The lowest BCUT2D eigenvalue weighted by Crippen LogP contribution is -2.40. The molecule has 0 saturated carbocycles. The van der Waals surface area contributed by atoms with E-state index in [9.17, 15) is 16.8 Å². The molecule has 0 spiro atoms. The molecule has 1 aliphatic rings. The molecule has 1 N–H and O–H groups in total. The van der Waals surface area contributed by atoms with Crippen LogP contribution in [0.2, 0.25) is 0 Å². The molecule has 1 aliphatic heterocycles. The summed E-state index contributed by atoms with van der Waals surface area (Å²) in [6.07, 6.45) is 0.649. The van der Waals surface area contributed by atoms with Crippen LogP contribution in [-0.4, -0.2) is 34.4 Å². The first-order valence-corrected chi connectivity index (χ1v) is 10.3. The van der Waals surface area contributed by atoms with Crippen molar-refractivity contribution in [3.8, 4) is 0 Å². The number of aryl methyl sites for hydroxylation is 1. The van der Waals surface area contributed by atoms with Crippen molar-refractivity contribution in [3.05, 3.63) is 28.2 Å². The molecule has 1 fully saturated rings. The van der Waals surface area contributed by atoms with E-state index in [2.05, 4.69) is 20.7 Å². The minimum absolute atomic E-state index is 0.0370. The van der Waals surface area contributed by atoms with Crippen LogP contribution in [-0.2, 0) is 19.9 Å².